The lowest BCUT2D eigenvalue weighted by Gasteiger charge is -2.32. The van der Waals surface area contributed by atoms with Gasteiger partial charge in [-0.3, -0.25) is 9.69 Å². The maximum atomic E-state index is 13.1. The van der Waals surface area contributed by atoms with Crippen molar-refractivity contribution in [1.82, 2.24) is 30.1 Å². The molecule has 9 heteroatoms. The number of rotatable bonds is 9. The van der Waals surface area contributed by atoms with E-state index in [2.05, 4.69) is 53.1 Å². The maximum absolute atomic E-state index is 13.1. The molecule has 0 fully saturated rings. The van der Waals surface area contributed by atoms with Crippen LogP contribution in [0.15, 0.2) is 53.3 Å². The average Bonchev–Trinajstić information content (AvgIpc) is 3.35. The molecule has 2 aromatic heterocycles. The van der Waals surface area contributed by atoms with Crippen LogP contribution in [0.25, 0.3) is 10.9 Å². The first-order valence-corrected chi connectivity index (χ1v) is 12.1. The van der Waals surface area contributed by atoms with Gasteiger partial charge in [0.25, 0.3) is 5.56 Å². The van der Waals surface area contributed by atoms with Crippen molar-refractivity contribution in [1.29, 1.82) is 0 Å². The second-order valence-corrected chi connectivity index (χ2v) is 9.87. The quantitative estimate of drug-likeness (QED) is 0.370. The second kappa shape index (κ2) is 10.5. The minimum atomic E-state index is -0.283. The van der Waals surface area contributed by atoms with E-state index in [0.717, 1.165) is 40.2 Å². The van der Waals surface area contributed by atoms with Crippen LogP contribution in [-0.4, -0.2) is 44.3 Å². The van der Waals surface area contributed by atoms with Crippen LogP contribution in [0.1, 0.15) is 57.1 Å². The van der Waals surface area contributed by atoms with E-state index in [-0.39, 0.29) is 17.1 Å². The van der Waals surface area contributed by atoms with E-state index in [1.54, 1.807) is 14.2 Å². The number of ether oxygens (including phenoxy) is 2. The van der Waals surface area contributed by atoms with Crippen molar-refractivity contribution in [3.05, 3.63) is 75.8 Å². The highest BCUT2D eigenvalue weighted by atomic mass is 16.5. The summed E-state index contributed by atoms with van der Waals surface area (Å²) in [7, 11) is 3.29. The average molecular weight is 491 g/mol. The number of aromatic nitrogens is 5. The largest absolute Gasteiger partial charge is 0.497 e. The molecule has 4 aromatic rings. The van der Waals surface area contributed by atoms with Gasteiger partial charge < -0.3 is 14.5 Å². The minimum absolute atomic E-state index is 0.110. The molecule has 0 aliphatic heterocycles. The summed E-state index contributed by atoms with van der Waals surface area (Å²) in [6, 6.07) is 15.4. The van der Waals surface area contributed by atoms with Crippen molar-refractivity contribution in [2.24, 2.45) is 0 Å². The van der Waals surface area contributed by atoms with Gasteiger partial charge >= 0.3 is 0 Å². The van der Waals surface area contributed by atoms with Crippen LogP contribution in [0.3, 0.4) is 0 Å². The molecule has 0 aliphatic rings. The number of tetrazole rings is 1. The number of hydrogen-bond acceptors (Lipinski definition) is 7. The van der Waals surface area contributed by atoms with Gasteiger partial charge in [-0.1, -0.05) is 19.1 Å². The van der Waals surface area contributed by atoms with Gasteiger partial charge in [0.15, 0.2) is 5.82 Å². The van der Waals surface area contributed by atoms with Crippen molar-refractivity contribution in [3.8, 4) is 11.5 Å². The molecular weight excluding hydrogens is 456 g/mol. The van der Waals surface area contributed by atoms with Gasteiger partial charge in [-0.25, -0.2) is 4.68 Å². The van der Waals surface area contributed by atoms with Gasteiger partial charge in [0.05, 0.1) is 25.8 Å². The fraction of sp³-hybridized carbons (Fsp3) is 0.407. The lowest BCUT2D eigenvalue weighted by Crippen LogP contribution is -2.35. The Morgan fingerprint density at radius 3 is 2.33 bits per heavy atom. The fourth-order valence-electron chi connectivity index (χ4n) is 4.42. The molecule has 0 saturated carbocycles. The highest BCUT2D eigenvalue weighted by molar-refractivity contribution is 5.80. The molecular formula is C27H34N6O3. The zero-order chi connectivity index (χ0) is 25.9. The molecule has 0 bridgehead atoms. The molecule has 190 valence electrons. The van der Waals surface area contributed by atoms with Crippen LogP contribution in [0.2, 0.25) is 0 Å². The third-order valence-electron chi connectivity index (χ3n) is 6.30. The molecule has 2 aromatic carbocycles. The molecule has 1 N–H and O–H groups in total. The van der Waals surface area contributed by atoms with Gasteiger partial charge in [0, 0.05) is 29.6 Å². The Balaban J connectivity index is 1.76. The summed E-state index contributed by atoms with van der Waals surface area (Å²) in [6.45, 7) is 9.38. The van der Waals surface area contributed by atoms with Crippen molar-refractivity contribution in [3.63, 3.8) is 0 Å². The maximum Gasteiger partial charge on any atom is 0.252 e. The fourth-order valence-corrected chi connectivity index (χ4v) is 4.42. The number of nitrogens with one attached hydrogen (secondary N) is 1. The number of hydrogen-bond donors (Lipinski definition) is 1. The predicted molar refractivity (Wildman–Crippen MR) is 139 cm³/mol. The van der Waals surface area contributed by atoms with E-state index in [9.17, 15) is 4.79 Å². The van der Waals surface area contributed by atoms with Crippen LogP contribution >= 0.6 is 0 Å². The lowest BCUT2D eigenvalue weighted by molar-refractivity contribution is 0.153. The second-order valence-electron chi connectivity index (χ2n) is 9.87. The topological polar surface area (TPSA) is 98.2 Å². The van der Waals surface area contributed by atoms with Gasteiger partial charge in [-0.05, 0) is 79.6 Å². The third-order valence-corrected chi connectivity index (χ3v) is 6.30. The predicted octanol–water partition coefficient (Wildman–Crippen LogP) is 4.44. The van der Waals surface area contributed by atoms with E-state index in [1.807, 2.05) is 53.2 Å². The first kappa shape index (κ1) is 25.4. The van der Waals surface area contributed by atoms with Crippen LogP contribution in [0.4, 0.5) is 0 Å². The molecule has 0 amide bonds. The van der Waals surface area contributed by atoms with Crippen molar-refractivity contribution >= 4 is 10.9 Å². The molecule has 0 unspecified atom stereocenters. The van der Waals surface area contributed by atoms with Crippen LogP contribution in [0, 0.1) is 0 Å². The summed E-state index contributed by atoms with van der Waals surface area (Å²) in [5.74, 6) is 2.32. The third kappa shape index (κ3) is 5.41. The Kier molecular flexibility index (Phi) is 7.40. The summed E-state index contributed by atoms with van der Waals surface area (Å²) in [5, 5.41) is 13.6. The normalized spacial score (nSPS) is 12.8. The molecule has 0 aliphatic carbocycles. The number of methoxy groups -OCH3 is 2. The zero-order valence-corrected chi connectivity index (χ0v) is 21.8. The highest BCUT2D eigenvalue weighted by Crippen LogP contribution is 2.29. The Hall–Kier alpha value is -3.72. The summed E-state index contributed by atoms with van der Waals surface area (Å²) in [4.78, 5) is 18.4. The smallest absolute Gasteiger partial charge is 0.252 e. The number of aromatic amines is 1. The first-order chi connectivity index (χ1) is 17.2. The van der Waals surface area contributed by atoms with Gasteiger partial charge in [-0.2, -0.15) is 0 Å². The van der Waals surface area contributed by atoms with E-state index in [4.69, 9.17) is 9.47 Å². The molecule has 9 nitrogen and oxygen atoms in total. The Morgan fingerprint density at radius 2 is 1.69 bits per heavy atom. The van der Waals surface area contributed by atoms with E-state index >= 15 is 0 Å². The van der Waals surface area contributed by atoms with Crippen molar-refractivity contribution < 1.29 is 9.47 Å². The minimum Gasteiger partial charge on any atom is -0.497 e. The number of pyridine rings is 1. The first-order valence-electron chi connectivity index (χ1n) is 12.1. The standard InChI is InChI=1S/C27H34N6O3/c1-7-24(25-29-30-31-33(25)27(2,3)4)32(16-18-8-10-21(35-5)11-9-18)17-20-14-19-15-22(36-6)12-13-23(19)28-26(20)34/h8-15,24H,7,16-17H2,1-6H3,(H,28,34)/t24-/m0/s1. The SMILES string of the molecule is CC[C@@H](c1nnnn1C(C)(C)C)N(Cc1ccc(OC)cc1)Cc1cc2cc(OC)ccc2[nH]c1=O. The molecule has 0 spiro atoms. The Morgan fingerprint density at radius 1 is 1.00 bits per heavy atom. The Bertz CT molecular complexity index is 1370. The van der Waals surface area contributed by atoms with Gasteiger partial charge in [0.1, 0.15) is 11.5 Å². The van der Waals surface area contributed by atoms with E-state index < -0.39 is 0 Å². The molecule has 36 heavy (non-hydrogen) atoms. The number of H-pyrrole nitrogens is 1. The summed E-state index contributed by atoms with van der Waals surface area (Å²) in [5.41, 5.74) is 2.14. The Labute approximate surface area is 211 Å². The van der Waals surface area contributed by atoms with Crippen molar-refractivity contribution in [2.45, 2.75) is 58.8 Å². The highest BCUT2D eigenvalue weighted by Gasteiger charge is 2.29. The molecule has 0 radical (unpaired) electrons. The number of fused-ring (bicyclic) bond motifs is 1. The van der Waals surface area contributed by atoms with Crippen molar-refractivity contribution in [2.75, 3.05) is 14.2 Å². The van der Waals surface area contributed by atoms with Crippen LogP contribution in [-0.2, 0) is 18.6 Å². The molecule has 4 rings (SSSR count). The number of benzene rings is 2. The van der Waals surface area contributed by atoms with Crippen LogP contribution in [0.5, 0.6) is 11.5 Å². The molecule has 0 saturated heterocycles. The monoisotopic (exact) mass is 490 g/mol. The van der Waals surface area contributed by atoms with Gasteiger partial charge in [-0.15, -0.1) is 5.10 Å². The van der Waals surface area contributed by atoms with Gasteiger partial charge in [0.2, 0.25) is 0 Å². The summed E-state index contributed by atoms with van der Waals surface area (Å²) in [6.07, 6.45) is 0.770. The summed E-state index contributed by atoms with van der Waals surface area (Å²) < 4.78 is 12.6. The zero-order valence-electron chi connectivity index (χ0n) is 21.8. The number of nitrogens with zero attached hydrogens (tertiary/aromatic N) is 5. The van der Waals surface area contributed by atoms with E-state index in [0.29, 0.717) is 18.7 Å². The lowest BCUT2D eigenvalue weighted by atomic mass is 10.0. The van der Waals surface area contributed by atoms with E-state index in [1.165, 1.54) is 0 Å². The summed E-state index contributed by atoms with van der Waals surface area (Å²) >= 11 is 0. The molecule has 1 atom stereocenters. The molecule has 2 heterocycles. The van der Waals surface area contributed by atoms with Crippen LogP contribution < -0.4 is 15.0 Å².